The SMILES string of the molecule is Cc1cn(CCOCCOCCOCCOCCOCCOCCOCCOCCOCCOCCNC(=O)CCSSc2ccccn2)nn1. The molecule has 0 aliphatic carbocycles. The maximum absolute atomic E-state index is 11.9. The Morgan fingerprint density at radius 2 is 1.10 bits per heavy atom. The number of carbonyl (C=O) groups excluding carboxylic acids is 1. The van der Waals surface area contributed by atoms with Crippen molar-refractivity contribution in [1.29, 1.82) is 0 Å². The number of aromatic nitrogens is 4. The standard InChI is InChI=1S/C33H57N5O11S2/c1-31-30-38(37-36-31)8-10-41-12-14-43-16-18-45-20-22-47-24-26-49-28-27-48-25-23-46-21-19-44-17-15-42-13-11-40-9-7-34-32(39)5-29-50-51-33-4-2-3-6-35-33/h2-4,6,30H,5,7-29H2,1H3,(H,34,39). The third kappa shape index (κ3) is 30.2. The number of carbonyl (C=O) groups is 1. The van der Waals surface area contributed by atoms with Crippen molar-refractivity contribution in [2.24, 2.45) is 0 Å². The molecule has 0 aromatic carbocycles. The lowest BCUT2D eigenvalue weighted by atomic mass is 10.4. The van der Waals surface area contributed by atoms with Crippen molar-refractivity contribution in [2.75, 3.05) is 144 Å². The summed E-state index contributed by atoms with van der Waals surface area (Å²) >= 11 is 0. The molecule has 2 aromatic heterocycles. The lowest BCUT2D eigenvalue weighted by Gasteiger charge is -2.09. The van der Waals surface area contributed by atoms with Crippen LogP contribution in [-0.4, -0.2) is 170 Å². The summed E-state index contributed by atoms with van der Waals surface area (Å²) in [6.45, 7) is 13.1. The van der Waals surface area contributed by atoms with Gasteiger partial charge in [-0.1, -0.05) is 22.1 Å². The molecule has 0 radical (unpaired) electrons. The van der Waals surface area contributed by atoms with Crippen LogP contribution in [0.25, 0.3) is 0 Å². The van der Waals surface area contributed by atoms with Gasteiger partial charge in [0.25, 0.3) is 0 Å². The number of hydrogen-bond donors (Lipinski definition) is 1. The Bertz CT molecular complexity index is 1050. The normalized spacial score (nSPS) is 11.4. The van der Waals surface area contributed by atoms with Crippen LogP contribution in [0.1, 0.15) is 12.1 Å². The maximum atomic E-state index is 11.9. The first-order chi connectivity index (χ1) is 25.2. The highest BCUT2D eigenvalue weighted by atomic mass is 33.1. The van der Waals surface area contributed by atoms with Crippen LogP contribution in [0.15, 0.2) is 35.6 Å². The minimum atomic E-state index is 0.0168. The molecule has 0 unspecified atom stereocenters. The van der Waals surface area contributed by atoms with E-state index in [9.17, 15) is 4.79 Å². The van der Waals surface area contributed by atoms with Crippen molar-refractivity contribution in [2.45, 2.75) is 24.9 Å². The Kier molecular flexibility index (Phi) is 31.1. The van der Waals surface area contributed by atoms with Gasteiger partial charge in [0.2, 0.25) is 5.91 Å². The van der Waals surface area contributed by atoms with E-state index in [1.165, 1.54) is 0 Å². The average molecular weight is 764 g/mol. The quantitative estimate of drug-likeness (QED) is 0.0780. The van der Waals surface area contributed by atoms with Crippen molar-refractivity contribution in [3.8, 4) is 0 Å². The van der Waals surface area contributed by atoms with Crippen molar-refractivity contribution in [3.05, 3.63) is 36.3 Å². The van der Waals surface area contributed by atoms with E-state index in [0.29, 0.717) is 152 Å². The highest BCUT2D eigenvalue weighted by molar-refractivity contribution is 8.76. The number of amides is 1. The van der Waals surface area contributed by atoms with Gasteiger partial charge in [-0.25, -0.2) is 9.67 Å². The van der Waals surface area contributed by atoms with E-state index in [4.69, 9.17) is 47.4 Å². The molecule has 0 atom stereocenters. The molecule has 16 nitrogen and oxygen atoms in total. The number of aryl methyl sites for hydroxylation is 1. The minimum absolute atomic E-state index is 0.0168. The van der Waals surface area contributed by atoms with Gasteiger partial charge in [-0.2, -0.15) is 0 Å². The molecule has 2 heterocycles. The molecular formula is C33H57N5O11S2. The van der Waals surface area contributed by atoms with Gasteiger partial charge < -0.3 is 52.7 Å². The zero-order valence-electron chi connectivity index (χ0n) is 30.0. The number of ether oxygens (including phenoxy) is 10. The summed E-state index contributed by atoms with van der Waals surface area (Å²) in [5.41, 5.74) is 0.894. The molecule has 292 valence electrons. The molecule has 2 rings (SSSR count). The second-order valence-corrected chi connectivity index (χ2v) is 12.9. The summed E-state index contributed by atoms with van der Waals surface area (Å²) in [7, 11) is 3.19. The first-order valence-electron chi connectivity index (χ1n) is 17.4. The van der Waals surface area contributed by atoms with Crippen LogP contribution >= 0.6 is 21.6 Å². The van der Waals surface area contributed by atoms with E-state index in [1.807, 2.05) is 31.3 Å². The van der Waals surface area contributed by atoms with E-state index < -0.39 is 0 Å². The summed E-state index contributed by atoms with van der Waals surface area (Å²) < 4.78 is 56.6. The highest BCUT2D eigenvalue weighted by Gasteiger charge is 2.03. The van der Waals surface area contributed by atoms with Gasteiger partial charge in [-0.05, 0) is 29.9 Å². The first-order valence-corrected chi connectivity index (χ1v) is 19.7. The summed E-state index contributed by atoms with van der Waals surface area (Å²) in [5, 5.41) is 11.7. The Balaban J connectivity index is 1.14. The predicted molar refractivity (Wildman–Crippen MR) is 193 cm³/mol. The smallest absolute Gasteiger partial charge is 0.220 e. The van der Waals surface area contributed by atoms with Crippen LogP contribution in [0.2, 0.25) is 0 Å². The van der Waals surface area contributed by atoms with Gasteiger partial charge in [0, 0.05) is 31.1 Å². The molecule has 0 fully saturated rings. The average Bonchev–Trinajstić information content (AvgIpc) is 3.57. The minimum Gasteiger partial charge on any atom is -0.377 e. The fourth-order valence-corrected chi connectivity index (χ4v) is 5.60. The lowest BCUT2D eigenvalue weighted by Crippen LogP contribution is -2.27. The monoisotopic (exact) mass is 763 g/mol. The van der Waals surface area contributed by atoms with Gasteiger partial charge in [0.1, 0.15) is 5.03 Å². The Hall–Kier alpha value is -1.94. The number of rotatable bonds is 38. The van der Waals surface area contributed by atoms with E-state index >= 15 is 0 Å². The van der Waals surface area contributed by atoms with Crippen molar-refractivity contribution >= 4 is 27.5 Å². The van der Waals surface area contributed by atoms with E-state index in [-0.39, 0.29) is 5.91 Å². The second kappa shape index (κ2) is 35.1. The topological polar surface area (TPSA) is 165 Å². The Morgan fingerprint density at radius 3 is 1.51 bits per heavy atom. The van der Waals surface area contributed by atoms with Crippen molar-refractivity contribution in [3.63, 3.8) is 0 Å². The third-order valence-electron chi connectivity index (χ3n) is 6.23. The van der Waals surface area contributed by atoms with Gasteiger partial charge >= 0.3 is 0 Å². The first kappa shape index (κ1) is 45.2. The predicted octanol–water partition coefficient (Wildman–Crippen LogP) is 2.09. The fraction of sp³-hybridized carbons (Fsp3) is 0.758. The zero-order chi connectivity index (χ0) is 36.1. The van der Waals surface area contributed by atoms with Crippen LogP contribution < -0.4 is 5.32 Å². The maximum Gasteiger partial charge on any atom is 0.220 e. The molecule has 0 bridgehead atoms. The molecule has 18 heteroatoms. The van der Waals surface area contributed by atoms with E-state index in [0.717, 1.165) is 16.5 Å². The molecule has 0 aliphatic rings. The summed E-state index contributed by atoms with van der Waals surface area (Å²) in [4.78, 5) is 16.1. The summed E-state index contributed by atoms with van der Waals surface area (Å²) in [5.74, 6) is 0.740. The highest BCUT2D eigenvalue weighted by Crippen LogP contribution is 2.29. The van der Waals surface area contributed by atoms with Gasteiger partial charge in [0.15, 0.2) is 0 Å². The van der Waals surface area contributed by atoms with E-state index in [1.54, 1.807) is 32.5 Å². The van der Waals surface area contributed by atoms with Crippen LogP contribution in [0, 0.1) is 6.92 Å². The van der Waals surface area contributed by atoms with E-state index in [2.05, 4.69) is 20.6 Å². The lowest BCUT2D eigenvalue weighted by molar-refractivity contribution is -0.120. The molecule has 0 spiro atoms. The molecule has 51 heavy (non-hydrogen) atoms. The molecule has 1 amide bonds. The largest absolute Gasteiger partial charge is 0.377 e. The third-order valence-corrected chi connectivity index (χ3v) is 8.50. The fourth-order valence-electron chi connectivity index (χ4n) is 3.73. The van der Waals surface area contributed by atoms with Gasteiger partial charge in [-0.3, -0.25) is 4.79 Å². The van der Waals surface area contributed by atoms with Gasteiger partial charge in [0.05, 0.1) is 144 Å². The number of nitrogens with zero attached hydrogens (tertiary/aromatic N) is 4. The molecule has 2 aromatic rings. The molecule has 0 saturated carbocycles. The van der Waals surface area contributed by atoms with Crippen molar-refractivity contribution in [1.82, 2.24) is 25.3 Å². The van der Waals surface area contributed by atoms with Crippen molar-refractivity contribution < 1.29 is 52.2 Å². The van der Waals surface area contributed by atoms with Gasteiger partial charge in [-0.15, -0.1) is 5.10 Å². The number of hydrogen-bond acceptors (Lipinski definition) is 16. The zero-order valence-corrected chi connectivity index (χ0v) is 31.6. The van der Waals surface area contributed by atoms with Crippen LogP contribution in [0.3, 0.4) is 0 Å². The summed E-state index contributed by atoms with van der Waals surface area (Å²) in [6.07, 6.45) is 4.10. The molecular weight excluding hydrogens is 707 g/mol. The Labute approximate surface area is 309 Å². The van der Waals surface area contributed by atoms with Crippen LogP contribution in [0.4, 0.5) is 0 Å². The molecule has 1 N–H and O–H groups in total. The van der Waals surface area contributed by atoms with Crippen LogP contribution in [0.5, 0.6) is 0 Å². The van der Waals surface area contributed by atoms with Crippen LogP contribution in [-0.2, 0) is 58.7 Å². The molecule has 0 aliphatic heterocycles. The number of nitrogens with one attached hydrogen (secondary N) is 1. The molecule has 0 saturated heterocycles. The summed E-state index contributed by atoms with van der Waals surface area (Å²) in [6, 6.07) is 5.78. The Morgan fingerprint density at radius 1 is 0.647 bits per heavy atom. The number of pyridine rings is 1. The second-order valence-electron chi connectivity index (χ2n) is 10.4.